The second-order valence-electron chi connectivity index (χ2n) is 5.56. The zero-order valence-corrected chi connectivity index (χ0v) is 13.0. The molecule has 1 amide bonds. The average Bonchev–Trinajstić information content (AvgIpc) is 3.01. The van der Waals surface area contributed by atoms with Gasteiger partial charge in [0.05, 0.1) is 0 Å². The van der Waals surface area contributed by atoms with Gasteiger partial charge in [-0.25, -0.2) is 9.97 Å². The summed E-state index contributed by atoms with van der Waals surface area (Å²) in [4.78, 5) is 20.6. The molecule has 0 fully saturated rings. The van der Waals surface area contributed by atoms with E-state index < -0.39 is 0 Å². The van der Waals surface area contributed by atoms with Gasteiger partial charge in [0, 0.05) is 24.5 Å². The van der Waals surface area contributed by atoms with E-state index in [1.807, 2.05) is 0 Å². The Bertz CT molecular complexity index is 718. The Balaban J connectivity index is 1.69. The molecule has 2 aromatic rings. The molecule has 0 bridgehead atoms. The summed E-state index contributed by atoms with van der Waals surface area (Å²) >= 11 is 0. The van der Waals surface area contributed by atoms with Gasteiger partial charge < -0.3 is 20.1 Å². The van der Waals surface area contributed by atoms with Gasteiger partial charge in [-0.15, -0.1) is 0 Å². The van der Waals surface area contributed by atoms with E-state index in [4.69, 9.17) is 9.47 Å². The number of fused-ring (bicyclic) bond motifs is 1. The topological polar surface area (TPSA) is 85.4 Å². The van der Waals surface area contributed by atoms with E-state index in [9.17, 15) is 4.79 Å². The van der Waals surface area contributed by atoms with E-state index in [1.54, 1.807) is 30.5 Å². The van der Waals surface area contributed by atoms with Crippen LogP contribution in [0.15, 0.2) is 30.5 Å². The largest absolute Gasteiger partial charge is 0.454 e. The highest BCUT2D eigenvalue weighted by molar-refractivity contribution is 6.03. The normalized spacial score (nSPS) is 12.3. The van der Waals surface area contributed by atoms with Crippen molar-refractivity contribution >= 4 is 17.5 Å². The first-order chi connectivity index (χ1) is 11.1. The molecule has 0 unspecified atom stereocenters. The number of carbonyl (C=O) groups excluding carboxylic acids is 1. The fourth-order valence-corrected chi connectivity index (χ4v) is 2.04. The molecular weight excluding hydrogens is 296 g/mol. The van der Waals surface area contributed by atoms with Gasteiger partial charge in [-0.2, -0.15) is 0 Å². The van der Waals surface area contributed by atoms with Crippen molar-refractivity contribution in [3.63, 3.8) is 0 Å². The maximum atomic E-state index is 12.3. The monoisotopic (exact) mass is 314 g/mol. The van der Waals surface area contributed by atoms with E-state index in [2.05, 4.69) is 34.4 Å². The summed E-state index contributed by atoms with van der Waals surface area (Å²) in [5, 5.41) is 5.89. The van der Waals surface area contributed by atoms with Crippen molar-refractivity contribution in [2.45, 2.75) is 13.8 Å². The SMILES string of the molecule is CC(C)CNc1nccc(C(=O)Nc2ccc3c(c2)OCO3)n1. The number of amides is 1. The summed E-state index contributed by atoms with van der Waals surface area (Å²) in [6, 6.07) is 6.81. The van der Waals surface area contributed by atoms with Crippen molar-refractivity contribution in [3.05, 3.63) is 36.2 Å². The van der Waals surface area contributed by atoms with Crippen molar-refractivity contribution in [2.75, 3.05) is 24.0 Å². The molecule has 0 spiro atoms. The van der Waals surface area contributed by atoms with Crippen molar-refractivity contribution in [1.29, 1.82) is 0 Å². The Kier molecular flexibility index (Phi) is 4.27. The average molecular weight is 314 g/mol. The van der Waals surface area contributed by atoms with E-state index in [0.717, 1.165) is 6.54 Å². The molecule has 0 saturated heterocycles. The van der Waals surface area contributed by atoms with Crippen LogP contribution in [0.4, 0.5) is 11.6 Å². The first-order valence-corrected chi connectivity index (χ1v) is 7.40. The molecule has 1 aliphatic heterocycles. The Morgan fingerprint density at radius 3 is 2.91 bits per heavy atom. The number of aromatic nitrogens is 2. The maximum absolute atomic E-state index is 12.3. The standard InChI is InChI=1S/C16H18N4O3/c1-10(2)8-18-16-17-6-5-12(20-16)15(21)19-11-3-4-13-14(7-11)23-9-22-13/h3-7,10H,8-9H2,1-2H3,(H,19,21)(H,17,18,20). The minimum absolute atomic E-state index is 0.198. The van der Waals surface area contributed by atoms with Gasteiger partial charge in [-0.1, -0.05) is 13.8 Å². The van der Waals surface area contributed by atoms with Gasteiger partial charge in [0.2, 0.25) is 12.7 Å². The summed E-state index contributed by atoms with van der Waals surface area (Å²) in [7, 11) is 0. The Labute approximate surface area is 134 Å². The van der Waals surface area contributed by atoms with Crippen LogP contribution in [0.2, 0.25) is 0 Å². The summed E-state index contributed by atoms with van der Waals surface area (Å²) in [6.07, 6.45) is 1.56. The van der Waals surface area contributed by atoms with Gasteiger partial charge in [0.15, 0.2) is 11.5 Å². The zero-order valence-electron chi connectivity index (χ0n) is 13.0. The number of ether oxygens (including phenoxy) is 2. The highest BCUT2D eigenvalue weighted by atomic mass is 16.7. The first kappa shape index (κ1) is 15.1. The summed E-state index contributed by atoms with van der Waals surface area (Å²) in [5.41, 5.74) is 0.915. The molecule has 1 aromatic carbocycles. The van der Waals surface area contributed by atoms with Crippen LogP contribution >= 0.6 is 0 Å². The molecule has 0 radical (unpaired) electrons. The predicted octanol–water partition coefficient (Wildman–Crippen LogP) is 2.53. The number of carbonyl (C=O) groups is 1. The van der Waals surface area contributed by atoms with E-state index in [0.29, 0.717) is 34.7 Å². The third kappa shape index (κ3) is 3.68. The minimum Gasteiger partial charge on any atom is -0.454 e. The lowest BCUT2D eigenvalue weighted by Crippen LogP contribution is -2.16. The van der Waals surface area contributed by atoms with Crippen LogP contribution in [0.1, 0.15) is 24.3 Å². The molecule has 1 aromatic heterocycles. The lowest BCUT2D eigenvalue weighted by atomic mass is 10.2. The van der Waals surface area contributed by atoms with Crippen molar-refractivity contribution < 1.29 is 14.3 Å². The quantitative estimate of drug-likeness (QED) is 0.882. The van der Waals surface area contributed by atoms with E-state index in [1.165, 1.54) is 0 Å². The Hall–Kier alpha value is -2.83. The highest BCUT2D eigenvalue weighted by Crippen LogP contribution is 2.34. The summed E-state index contributed by atoms with van der Waals surface area (Å²) in [6.45, 7) is 5.11. The van der Waals surface area contributed by atoms with Gasteiger partial charge in [0.25, 0.3) is 5.91 Å². The Morgan fingerprint density at radius 1 is 1.26 bits per heavy atom. The number of nitrogens with zero attached hydrogens (tertiary/aromatic N) is 2. The van der Waals surface area contributed by atoms with Crippen molar-refractivity contribution in [3.8, 4) is 11.5 Å². The van der Waals surface area contributed by atoms with Crippen LogP contribution in [0.25, 0.3) is 0 Å². The fourth-order valence-electron chi connectivity index (χ4n) is 2.04. The van der Waals surface area contributed by atoms with Crippen LogP contribution in [0.3, 0.4) is 0 Å². The number of benzene rings is 1. The minimum atomic E-state index is -0.307. The number of anilines is 2. The first-order valence-electron chi connectivity index (χ1n) is 7.40. The fraction of sp³-hybridized carbons (Fsp3) is 0.312. The van der Waals surface area contributed by atoms with E-state index >= 15 is 0 Å². The molecule has 7 heteroatoms. The molecule has 7 nitrogen and oxygen atoms in total. The molecule has 23 heavy (non-hydrogen) atoms. The molecule has 0 saturated carbocycles. The number of rotatable bonds is 5. The van der Waals surface area contributed by atoms with Crippen LogP contribution in [-0.2, 0) is 0 Å². The predicted molar refractivity (Wildman–Crippen MR) is 85.9 cm³/mol. The smallest absolute Gasteiger partial charge is 0.274 e. The molecule has 2 N–H and O–H groups in total. The molecule has 1 aliphatic rings. The summed E-state index contributed by atoms with van der Waals surface area (Å²) < 4.78 is 10.5. The molecule has 2 heterocycles. The highest BCUT2D eigenvalue weighted by Gasteiger charge is 2.15. The van der Waals surface area contributed by atoms with Gasteiger partial charge in [0.1, 0.15) is 5.69 Å². The number of hydrogen-bond donors (Lipinski definition) is 2. The second-order valence-corrected chi connectivity index (χ2v) is 5.56. The second kappa shape index (κ2) is 6.51. The third-order valence-corrected chi connectivity index (χ3v) is 3.19. The van der Waals surface area contributed by atoms with Crippen LogP contribution in [0.5, 0.6) is 11.5 Å². The molecular formula is C16H18N4O3. The van der Waals surface area contributed by atoms with Gasteiger partial charge >= 0.3 is 0 Å². The molecule has 0 aliphatic carbocycles. The van der Waals surface area contributed by atoms with Crippen molar-refractivity contribution in [2.24, 2.45) is 5.92 Å². The summed E-state index contributed by atoms with van der Waals surface area (Å²) in [5.74, 6) is 1.88. The third-order valence-electron chi connectivity index (χ3n) is 3.19. The lowest BCUT2D eigenvalue weighted by molar-refractivity contribution is 0.102. The van der Waals surface area contributed by atoms with E-state index in [-0.39, 0.29) is 12.7 Å². The van der Waals surface area contributed by atoms with Crippen LogP contribution < -0.4 is 20.1 Å². The Morgan fingerprint density at radius 2 is 2.09 bits per heavy atom. The van der Waals surface area contributed by atoms with Crippen molar-refractivity contribution in [1.82, 2.24) is 9.97 Å². The number of nitrogens with one attached hydrogen (secondary N) is 2. The van der Waals surface area contributed by atoms with Gasteiger partial charge in [-0.05, 0) is 24.1 Å². The molecule has 3 rings (SSSR count). The number of hydrogen-bond acceptors (Lipinski definition) is 6. The molecule has 0 atom stereocenters. The molecule has 120 valence electrons. The van der Waals surface area contributed by atoms with Gasteiger partial charge in [-0.3, -0.25) is 4.79 Å². The van der Waals surface area contributed by atoms with Crippen LogP contribution in [-0.4, -0.2) is 29.2 Å². The maximum Gasteiger partial charge on any atom is 0.274 e. The lowest BCUT2D eigenvalue weighted by Gasteiger charge is -2.09. The van der Waals surface area contributed by atoms with Crippen LogP contribution in [0, 0.1) is 5.92 Å². The zero-order chi connectivity index (χ0) is 16.2.